The SMILES string of the molecule is CNC(=S)N(O)C(C)c1ccc2c(c1)Cc1ccccc1-2. The number of benzene rings is 2. The normalized spacial score (nSPS) is 13.3. The molecule has 0 saturated carbocycles. The van der Waals surface area contributed by atoms with Crippen LogP contribution in [-0.4, -0.2) is 22.4 Å². The molecule has 3 nitrogen and oxygen atoms in total. The Hall–Kier alpha value is -1.91. The molecule has 0 aromatic heterocycles. The van der Waals surface area contributed by atoms with Crippen molar-refractivity contribution in [3.63, 3.8) is 0 Å². The van der Waals surface area contributed by atoms with Crippen LogP contribution in [0.1, 0.15) is 29.7 Å². The summed E-state index contributed by atoms with van der Waals surface area (Å²) in [4.78, 5) is 0. The lowest BCUT2D eigenvalue weighted by Crippen LogP contribution is -2.36. The van der Waals surface area contributed by atoms with Crippen molar-refractivity contribution in [2.75, 3.05) is 7.05 Å². The molecule has 1 aliphatic carbocycles. The van der Waals surface area contributed by atoms with Gasteiger partial charge >= 0.3 is 0 Å². The van der Waals surface area contributed by atoms with Crippen LogP contribution in [0.5, 0.6) is 0 Å². The maximum absolute atomic E-state index is 10.1. The van der Waals surface area contributed by atoms with Crippen molar-refractivity contribution in [2.24, 2.45) is 0 Å². The third-order valence-electron chi connectivity index (χ3n) is 4.09. The summed E-state index contributed by atoms with van der Waals surface area (Å²) < 4.78 is 0. The van der Waals surface area contributed by atoms with E-state index in [0.29, 0.717) is 5.11 Å². The number of hydrogen-bond donors (Lipinski definition) is 2. The highest BCUT2D eigenvalue weighted by molar-refractivity contribution is 7.80. The van der Waals surface area contributed by atoms with Crippen molar-refractivity contribution in [2.45, 2.75) is 19.4 Å². The van der Waals surface area contributed by atoms with Crippen LogP contribution >= 0.6 is 12.2 Å². The summed E-state index contributed by atoms with van der Waals surface area (Å²) in [5.41, 5.74) is 6.34. The van der Waals surface area contributed by atoms with E-state index >= 15 is 0 Å². The molecule has 1 unspecified atom stereocenters. The van der Waals surface area contributed by atoms with Crippen LogP contribution in [0, 0.1) is 0 Å². The molecule has 1 aliphatic rings. The fraction of sp³-hybridized carbons (Fsp3) is 0.235. The van der Waals surface area contributed by atoms with Gasteiger partial charge in [0.05, 0.1) is 6.04 Å². The standard InChI is InChI=1S/C17H18N2OS/c1-11(19(20)17(21)18-2)12-7-8-16-14(9-12)10-13-5-3-4-6-15(13)16/h3-9,11,20H,10H2,1-2H3,(H,18,21). The molecule has 2 aromatic rings. The maximum atomic E-state index is 10.1. The zero-order valence-electron chi connectivity index (χ0n) is 12.1. The van der Waals surface area contributed by atoms with E-state index in [1.54, 1.807) is 7.05 Å². The first-order chi connectivity index (χ1) is 10.1. The topological polar surface area (TPSA) is 35.5 Å². The van der Waals surface area contributed by atoms with E-state index in [1.807, 2.05) is 6.92 Å². The summed E-state index contributed by atoms with van der Waals surface area (Å²) in [5, 5.41) is 14.3. The molecule has 3 rings (SSSR count). The average Bonchev–Trinajstić information content (AvgIpc) is 2.90. The number of rotatable bonds is 2. The fourth-order valence-corrected chi connectivity index (χ4v) is 3.01. The molecule has 108 valence electrons. The van der Waals surface area contributed by atoms with Gasteiger partial charge in [-0.25, -0.2) is 5.06 Å². The van der Waals surface area contributed by atoms with E-state index in [4.69, 9.17) is 12.2 Å². The minimum atomic E-state index is -0.182. The maximum Gasteiger partial charge on any atom is 0.193 e. The van der Waals surface area contributed by atoms with Gasteiger partial charge in [0.15, 0.2) is 5.11 Å². The molecular weight excluding hydrogens is 280 g/mol. The summed E-state index contributed by atoms with van der Waals surface area (Å²) >= 11 is 5.08. The van der Waals surface area contributed by atoms with Gasteiger partial charge < -0.3 is 5.32 Å². The Morgan fingerprint density at radius 2 is 1.90 bits per heavy atom. The quantitative estimate of drug-likeness (QED) is 0.560. The third-order valence-corrected chi connectivity index (χ3v) is 4.48. The first-order valence-corrected chi connectivity index (χ1v) is 7.43. The van der Waals surface area contributed by atoms with Gasteiger partial charge in [-0.15, -0.1) is 0 Å². The number of nitrogens with one attached hydrogen (secondary N) is 1. The van der Waals surface area contributed by atoms with Crippen LogP contribution in [0.25, 0.3) is 11.1 Å². The van der Waals surface area contributed by atoms with Gasteiger partial charge in [-0.2, -0.15) is 0 Å². The van der Waals surface area contributed by atoms with Crippen molar-refractivity contribution in [1.82, 2.24) is 10.4 Å². The van der Waals surface area contributed by atoms with Gasteiger partial charge in [0.1, 0.15) is 0 Å². The molecule has 4 heteroatoms. The number of nitrogens with zero attached hydrogens (tertiary/aromatic N) is 1. The minimum absolute atomic E-state index is 0.182. The predicted octanol–water partition coefficient (Wildman–Crippen LogP) is 3.51. The monoisotopic (exact) mass is 298 g/mol. The molecule has 0 spiro atoms. The van der Waals surface area contributed by atoms with E-state index in [9.17, 15) is 5.21 Å². The van der Waals surface area contributed by atoms with Crippen molar-refractivity contribution < 1.29 is 5.21 Å². The second-order valence-electron chi connectivity index (χ2n) is 5.33. The van der Waals surface area contributed by atoms with Gasteiger partial charge in [0, 0.05) is 7.05 Å². The van der Waals surface area contributed by atoms with Crippen molar-refractivity contribution >= 4 is 17.3 Å². The van der Waals surface area contributed by atoms with E-state index in [1.165, 1.54) is 22.3 Å². The summed E-state index contributed by atoms with van der Waals surface area (Å²) in [5.74, 6) is 0. The lowest BCUT2D eigenvalue weighted by atomic mass is 10.0. The average molecular weight is 298 g/mol. The lowest BCUT2D eigenvalue weighted by molar-refractivity contribution is -0.0494. The lowest BCUT2D eigenvalue weighted by Gasteiger charge is -2.25. The van der Waals surface area contributed by atoms with Gasteiger partial charge in [0.25, 0.3) is 0 Å². The van der Waals surface area contributed by atoms with E-state index in [0.717, 1.165) is 17.0 Å². The van der Waals surface area contributed by atoms with Crippen LogP contribution in [0.3, 0.4) is 0 Å². The molecule has 0 amide bonds. The molecule has 2 aromatic carbocycles. The van der Waals surface area contributed by atoms with Gasteiger partial charge in [-0.3, -0.25) is 5.21 Å². The molecular formula is C17H18N2OS. The Morgan fingerprint density at radius 1 is 1.19 bits per heavy atom. The van der Waals surface area contributed by atoms with Gasteiger partial charge in [-0.1, -0.05) is 42.5 Å². The summed E-state index contributed by atoms with van der Waals surface area (Å²) in [6, 6.07) is 14.7. The Morgan fingerprint density at radius 3 is 2.67 bits per heavy atom. The van der Waals surface area contributed by atoms with Crippen LogP contribution in [0.2, 0.25) is 0 Å². The zero-order chi connectivity index (χ0) is 15.0. The van der Waals surface area contributed by atoms with Gasteiger partial charge in [-0.05, 0) is 53.4 Å². The van der Waals surface area contributed by atoms with Crippen molar-refractivity contribution in [3.8, 4) is 11.1 Å². The highest BCUT2D eigenvalue weighted by Crippen LogP contribution is 2.37. The van der Waals surface area contributed by atoms with E-state index < -0.39 is 0 Å². The molecule has 21 heavy (non-hydrogen) atoms. The second kappa shape index (κ2) is 5.47. The Bertz CT molecular complexity index is 699. The number of fused-ring (bicyclic) bond motifs is 3. The largest absolute Gasteiger partial charge is 0.364 e. The first kappa shape index (κ1) is 14.0. The van der Waals surface area contributed by atoms with Crippen molar-refractivity contribution in [1.29, 1.82) is 0 Å². The Kier molecular flexibility index (Phi) is 3.66. The smallest absolute Gasteiger partial charge is 0.193 e. The minimum Gasteiger partial charge on any atom is -0.364 e. The van der Waals surface area contributed by atoms with Crippen molar-refractivity contribution in [3.05, 3.63) is 59.2 Å². The highest BCUT2D eigenvalue weighted by atomic mass is 32.1. The number of hydroxylamine groups is 2. The van der Waals surface area contributed by atoms with Crippen LogP contribution < -0.4 is 5.32 Å². The van der Waals surface area contributed by atoms with Crippen LogP contribution in [0.15, 0.2) is 42.5 Å². The summed E-state index contributed by atoms with van der Waals surface area (Å²) in [6.07, 6.45) is 0.952. The molecule has 2 N–H and O–H groups in total. The fourth-order valence-electron chi connectivity index (χ4n) is 2.86. The van der Waals surface area contributed by atoms with Crippen LogP contribution in [-0.2, 0) is 6.42 Å². The molecule has 0 bridgehead atoms. The molecule has 0 radical (unpaired) electrons. The predicted molar refractivity (Wildman–Crippen MR) is 88.4 cm³/mol. The molecule has 0 heterocycles. The molecule has 1 atom stereocenters. The van der Waals surface area contributed by atoms with E-state index in [2.05, 4.69) is 47.8 Å². The number of hydrogen-bond acceptors (Lipinski definition) is 2. The molecule has 0 aliphatic heterocycles. The second-order valence-corrected chi connectivity index (χ2v) is 5.71. The Labute approximate surface area is 130 Å². The molecule has 0 saturated heterocycles. The third kappa shape index (κ3) is 2.41. The summed E-state index contributed by atoms with van der Waals surface area (Å²) in [6.45, 7) is 1.94. The number of thiocarbonyl (C=S) groups is 1. The first-order valence-electron chi connectivity index (χ1n) is 7.02. The highest BCUT2D eigenvalue weighted by Gasteiger charge is 2.21. The van der Waals surface area contributed by atoms with E-state index in [-0.39, 0.29) is 6.04 Å². The zero-order valence-corrected chi connectivity index (χ0v) is 12.9. The molecule has 0 fully saturated rings. The summed E-state index contributed by atoms with van der Waals surface area (Å²) in [7, 11) is 1.71. The Balaban J connectivity index is 1.92. The van der Waals surface area contributed by atoms with Crippen LogP contribution in [0.4, 0.5) is 0 Å². The van der Waals surface area contributed by atoms with Gasteiger partial charge in [0.2, 0.25) is 0 Å².